The van der Waals surface area contributed by atoms with Gasteiger partial charge >= 0.3 is 0 Å². The average molecular weight is 266 g/mol. The number of ether oxygens (including phenoxy) is 1. The summed E-state index contributed by atoms with van der Waals surface area (Å²) >= 11 is 0. The van der Waals surface area contributed by atoms with Crippen molar-refractivity contribution >= 4 is 5.95 Å². The van der Waals surface area contributed by atoms with Gasteiger partial charge in [-0.05, 0) is 27.2 Å². The van der Waals surface area contributed by atoms with Gasteiger partial charge in [-0.25, -0.2) is 4.98 Å². The monoisotopic (exact) mass is 266 g/mol. The summed E-state index contributed by atoms with van der Waals surface area (Å²) in [6.07, 6.45) is 3.17. The molecule has 2 rings (SSSR count). The van der Waals surface area contributed by atoms with Crippen LogP contribution in [0.2, 0.25) is 0 Å². The number of hydrogen-bond donors (Lipinski definition) is 1. The fraction of sp³-hybridized carbons (Fsp3) is 0.786. The molecule has 1 fully saturated rings. The lowest BCUT2D eigenvalue weighted by Gasteiger charge is -2.37. The van der Waals surface area contributed by atoms with Crippen molar-refractivity contribution in [1.82, 2.24) is 14.9 Å². The van der Waals surface area contributed by atoms with Gasteiger partial charge in [-0.1, -0.05) is 0 Å². The van der Waals surface area contributed by atoms with Crippen LogP contribution in [0.4, 0.5) is 5.95 Å². The fourth-order valence-corrected chi connectivity index (χ4v) is 2.82. The summed E-state index contributed by atoms with van der Waals surface area (Å²) in [4.78, 5) is 7.10. The van der Waals surface area contributed by atoms with Gasteiger partial charge in [0.15, 0.2) is 0 Å². The van der Waals surface area contributed by atoms with Crippen molar-refractivity contribution in [2.45, 2.75) is 45.8 Å². The first-order valence-corrected chi connectivity index (χ1v) is 7.14. The van der Waals surface area contributed by atoms with E-state index in [0.717, 1.165) is 44.3 Å². The number of rotatable bonds is 5. The molecule has 0 spiro atoms. The van der Waals surface area contributed by atoms with Gasteiger partial charge in [0.2, 0.25) is 5.95 Å². The van der Waals surface area contributed by atoms with Crippen LogP contribution in [0.3, 0.4) is 0 Å². The summed E-state index contributed by atoms with van der Waals surface area (Å²) in [6, 6.07) is 1.02. The quantitative estimate of drug-likeness (QED) is 0.818. The summed E-state index contributed by atoms with van der Waals surface area (Å²) in [5.41, 5.74) is 1.09. The van der Waals surface area contributed by atoms with E-state index in [-0.39, 0.29) is 0 Å². The van der Waals surface area contributed by atoms with E-state index in [0.29, 0.717) is 12.1 Å². The van der Waals surface area contributed by atoms with Crippen LogP contribution in [0.15, 0.2) is 6.20 Å². The Balaban J connectivity index is 2.09. The largest absolute Gasteiger partial charge is 0.385 e. The molecule has 1 N–H and O–H groups in total. The molecule has 0 bridgehead atoms. The molecule has 5 heteroatoms. The lowest BCUT2D eigenvalue weighted by atomic mass is 10.1. The predicted molar refractivity (Wildman–Crippen MR) is 77.7 cm³/mol. The normalized spacial score (nSPS) is 23.9. The first-order valence-electron chi connectivity index (χ1n) is 7.14. The third-order valence-electron chi connectivity index (χ3n) is 3.46. The SMILES string of the molecule is COCCCn1cc(C)nc1N1CC(C)NC(C)C1. The maximum absolute atomic E-state index is 5.13. The number of piperazine rings is 1. The summed E-state index contributed by atoms with van der Waals surface area (Å²) in [5.74, 6) is 1.11. The maximum Gasteiger partial charge on any atom is 0.205 e. The van der Waals surface area contributed by atoms with Crippen molar-refractivity contribution in [2.75, 3.05) is 31.7 Å². The lowest BCUT2D eigenvalue weighted by molar-refractivity contribution is 0.190. The highest BCUT2D eigenvalue weighted by molar-refractivity contribution is 5.35. The minimum Gasteiger partial charge on any atom is -0.385 e. The zero-order chi connectivity index (χ0) is 13.8. The van der Waals surface area contributed by atoms with Crippen LogP contribution < -0.4 is 10.2 Å². The molecule has 1 aromatic heterocycles. The predicted octanol–water partition coefficient (Wildman–Crippen LogP) is 1.41. The van der Waals surface area contributed by atoms with Crippen molar-refractivity contribution in [3.63, 3.8) is 0 Å². The molecule has 0 saturated carbocycles. The molecule has 0 radical (unpaired) electrons. The van der Waals surface area contributed by atoms with Gasteiger partial charge in [-0.3, -0.25) is 0 Å². The van der Waals surface area contributed by atoms with Crippen molar-refractivity contribution in [3.8, 4) is 0 Å². The molecule has 2 heterocycles. The Labute approximate surface area is 116 Å². The molecule has 5 nitrogen and oxygen atoms in total. The third-order valence-corrected chi connectivity index (χ3v) is 3.46. The number of aryl methyl sites for hydroxylation is 2. The number of aromatic nitrogens is 2. The van der Waals surface area contributed by atoms with Crippen molar-refractivity contribution in [1.29, 1.82) is 0 Å². The zero-order valence-corrected chi connectivity index (χ0v) is 12.5. The van der Waals surface area contributed by atoms with Gasteiger partial charge in [0, 0.05) is 51.6 Å². The number of hydrogen-bond acceptors (Lipinski definition) is 4. The van der Waals surface area contributed by atoms with Crippen LogP contribution in [-0.4, -0.2) is 48.4 Å². The van der Waals surface area contributed by atoms with E-state index in [4.69, 9.17) is 9.72 Å². The molecule has 1 saturated heterocycles. The molecule has 1 aliphatic heterocycles. The minimum atomic E-state index is 0.508. The van der Waals surface area contributed by atoms with E-state index in [1.807, 2.05) is 0 Å². The highest BCUT2D eigenvalue weighted by atomic mass is 16.5. The zero-order valence-electron chi connectivity index (χ0n) is 12.5. The van der Waals surface area contributed by atoms with Crippen molar-refractivity contribution in [3.05, 3.63) is 11.9 Å². The highest BCUT2D eigenvalue weighted by Crippen LogP contribution is 2.18. The van der Waals surface area contributed by atoms with E-state index in [9.17, 15) is 0 Å². The Morgan fingerprint density at radius 2 is 2.05 bits per heavy atom. The maximum atomic E-state index is 5.13. The van der Waals surface area contributed by atoms with Crippen LogP contribution >= 0.6 is 0 Å². The molecule has 2 unspecified atom stereocenters. The lowest BCUT2D eigenvalue weighted by Crippen LogP contribution is -2.55. The van der Waals surface area contributed by atoms with E-state index in [2.05, 4.69) is 41.8 Å². The first-order chi connectivity index (χ1) is 9.10. The molecule has 19 heavy (non-hydrogen) atoms. The van der Waals surface area contributed by atoms with E-state index >= 15 is 0 Å². The Morgan fingerprint density at radius 3 is 2.68 bits per heavy atom. The van der Waals surface area contributed by atoms with E-state index < -0.39 is 0 Å². The van der Waals surface area contributed by atoms with Crippen LogP contribution in [0.5, 0.6) is 0 Å². The van der Waals surface area contributed by atoms with Crippen LogP contribution in [0, 0.1) is 6.92 Å². The van der Waals surface area contributed by atoms with Gasteiger partial charge < -0.3 is 19.5 Å². The van der Waals surface area contributed by atoms with Crippen LogP contribution in [0.25, 0.3) is 0 Å². The molecule has 0 aliphatic carbocycles. The molecule has 2 atom stereocenters. The second-order valence-corrected chi connectivity index (χ2v) is 5.60. The third kappa shape index (κ3) is 3.70. The Morgan fingerprint density at radius 1 is 1.37 bits per heavy atom. The number of anilines is 1. The van der Waals surface area contributed by atoms with Crippen molar-refractivity contribution < 1.29 is 4.74 Å². The molecule has 108 valence electrons. The van der Waals surface area contributed by atoms with Crippen molar-refractivity contribution in [2.24, 2.45) is 0 Å². The second-order valence-electron chi connectivity index (χ2n) is 5.60. The topological polar surface area (TPSA) is 42.3 Å². The Hall–Kier alpha value is -1.07. The highest BCUT2D eigenvalue weighted by Gasteiger charge is 2.24. The Kier molecular flexibility index (Phi) is 4.82. The average Bonchev–Trinajstić information content (AvgIpc) is 2.70. The van der Waals surface area contributed by atoms with Gasteiger partial charge in [-0.2, -0.15) is 0 Å². The standard InChI is InChI=1S/C14H26N4O/c1-11-9-18(10-12(2)15-11)14-16-13(3)8-17(14)6-5-7-19-4/h8,11-12,15H,5-7,9-10H2,1-4H3. The number of nitrogens with zero attached hydrogens (tertiary/aromatic N) is 3. The summed E-state index contributed by atoms with van der Waals surface area (Å²) in [5, 5.41) is 3.56. The molecule has 0 amide bonds. The van der Waals surface area contributed by atoms with Gasteiger partial charge in [0.1, 0.15) is 0 Å². The molecular formula is C14H26N4O. The number of methoxy groups -OCH3 is 1. The van der Waals surface area contributed by atoms with Crippen LogP contribution in [-0.2, 0) is 11.3 Å². The number of nitrogens with one attached hydrogen (secondary N) is 1. The molecule has 1 aliphatic rings. The first kappa shape index (κ1) is 14.3. The summed E-state index contributed by atoms with van der Waals surface area (Å²) in [7, 11) is 1.75. The fourth-order valence-electron chi connectivity index (χ4n) is 2.82. The van der Waals surface area contributed by atoms with Gasteiger partial charge in [0.25, 0.3) is 0 Å². The Bertz CT molecular complexity index is 394. The van der Waals surface area contributed by atoms with Crippen LogP contribution in [0.1, 0.15) is 26.0 Å². The van der Waals surface area contributed by atoms with E-state index in [1.165, 1.54) is 0 Å². The number of imidazole rings is 1. The van der Waals surface area contributed by atoms with Gasteiger partial charge in [0.05, 0.1) is 5.69 Å². The smallest absolute Gasteiger partial charge is 0.205 e. The summed E-state index contributed by atoms with van der Waals surface area (Å²) in [6.45, 7) is 10.3. The minimum absolute atomic E-state index is 0.508. The van der Waals surface area contributed by atoms with E-state index in [1.54, 1.807) is 7.11 Å². The molecule has 0 aromatic carbocycles. The molecule has 1 aromatic rings. The van der Waals surface area contributed by atoms with Gasteiger partial charge in [-0.15, -0.1) is 0 Å². The second kappa shape index (κ2) is 6.39. The summed E-state index contributed by atoms with van der Waals surface area (Å²) < 4.78 is 7.40. The molecular weight excluding hydrogens is 240 g/mol.